The molecule has 4 rings (SSSR count). The summed E-state index contributed by atoms with van der Waals surface area (Å²) in [5.74, 6) is 1.17. The van der Waals surface area contributed by atoms with E-state index in [1.165, 1.54) is 6.42 Å². The van der Waals surface area contributed by atoms with Crippen molar-refractivity contribution < 1.29 is 14.3 Å². The van der Waals surface area contributed by atoms with E-state index in [0.717, 1.165) is 42.6 Å². The Kier molecular flexibility index (Phi) is 6.04. The summed E-state index contributed by atoms with van der Waals surface area (Å²) in [6.07, 6.45) is 5.12. The number of fused-ring (bicyclic) bond motifs is 1. The molecule has 3 atom stereocenters. The molecule has 6 heteroatoms. The van der Waals surface area contributed by atoms with Crippen LogP contribution < -0.4 is 20.9 Å². The third kappa shape index (κ3) is 4.33. The molecule has 2 aromatic rings. The van der Waals surface area contributed by atoms with Crippen LogP contribution in [0.1, 0.15) is 47.2 Å². The fourth-order valence-corrected chi connectivity index (χ4v) is 4.73. The van der Waals surface area contributed by atoms with Gasteiger partial charge in [0.25, 0.3) is 5.91 Å². The van der Waals surface area contributed by atoms with Gasteiger partial charge in [-0.1, -0.05) is 31.0 Å². The van der Waals surface area contributed by atoms with Gasteiger partial charge in [0.2, 0.25) is 5.91 Å². The molecule has 1 heterocycles. The normalized spacial score (nSPS) is 23.3. The number of rotatable bonds is 5. The Balaban J connectivity index is 1.46. The highest BCUT2D eigenvalue weighted by Gasteiger charge is 2.39. The molecule has 0 radical (unpaired) electrons. The first-order chi connectivity index (χ1) is 14.5. The summed E-state index contributed by atoms with van der Waals surface area (Å²) < 4.78 is 5.34. The predicted molar refractivity (Wildman–Crippen MR) is 116 cm³/mol. The van der Waals surface area contributed by atoms with Crippen molar-refractivity contribution in [1.29, 1.82) is 0 Å². The van der Waals surface area contributed by atoms with Crippen molar-refractivity contribution in [3.63, 3.8) is 0 Å². The number of ether oxygens (including phenoxy) is 1. The van der Waals surface area contributed by atoms with Crippen LogP contribution in [0.25, 0.3) is 0 Å². The van der Waals surface area contributed by atoms with Gasteiger partial charge in [0.05, 0.1) is 7.11 Å². The van der Waals surface area contributed by atoms with Crippen molar-refractivity contribution >= 4 is 17.5 Å². The molecule has 3 N–H and O–H groups in total. The molecule has 3 unspecified atom stereocenters. The summed E-state index contributed by atoms with van der Waals surface area (Å²) in [5, 5.41) is 2.95. The van der Waals surface area contributed by atoms with Crippen LogP contribution in [0.3, 0.4) is 0 Å². The van der Waals surface area contributed by atoms with Crippen molar-refractivity contribution in [2.24, 2.45) is 11.8 Å². The lowest BCUT2D eigenvalue weighted by molar-refractivity contribution is -0.133. The van der Waals surface area contributed by atoms with Gasteiger partial charge >= 0.3 is 0 Å². The van der Waals surface area contributed by atoms with E-state index >= 15 is 0 Å². The molecule has 0 bridgehead atoms. The van der Waals surface area contributed by atoms with Gasteiger partial charge in [0.15, 0.2) is 0 Å². The molecule has 2 aromatic carbocycles. The van der Waals surface area contributed by atoms with Gasteiger partial charge < -0.3 is 10.1 Å². The highest BCUT2D eigenvalue weighted by atomic mass is 16.5. The maximum absolute atomic E-state index is 12.8. The minimum Gasteiger partial charge on any atom is -0.496 e. The van der Waals surface area contributed by atoms with Crippen LogP contribution in [0, 0.1) is 18.8 Å². The van der Waals surface area contributed by atoms with Crippen molar-refractivity contribution in [3.8, 4) is 5.75 Å². The first-order valence-electron chi connectivity index (χ1n) is 10.7. The molecular weight excluding hydrogens is 378 g/mol. The lowest BCUT2D eigenvalue weighted by atomic mass is 9.72. The van der Waals surface area contributed by atoms with E-state index in [0.29, 0.717) is 17.2 Å². The van der Waals surface area contributed by atoms with E-state index in [1.807, 2.05) is 49.4 Å². The molecule has 2 amide bonds. The third-order valence-electron chi connectivity index (χ3n) is 6.36. The van der Waals surface area contributed by atoms with E-state index < -0.39 is 0 Å². The van der Waals surface area contributed by atoms with Gasteiger partial charge in [0.1, 0.15) is 5.75 Å². The number of carbonyl (C=O) groups excluding carboxylic acids is 2. The molecule has 158 valence electrons. The topological polar surface area (TPSA) is 79.5 Å². The molecule has 2 fully saturated rings. The molecule has 1 saturated carbocycles. The van der Waals surface area contributed by atoms with Crippen LogP contribution >= 0.6 is 0 Å². The largest absolute Gasteiger partial charge is 0.496 e. The Morgan fingerprint density at radius 1 is 1.17 bits per heavy atom. The molecule has 0 aromatic heterocycles. The molecule has 1 aliphatic carbocycles. The minimum absolute atomic E-state index is 0.105. The zero-order chi connectivity index (χ0) is 21.1. The summed E-state index contributed by atoms with van der Waals surface area (Å²) in [5.41, 5.74) is 9.49. The van der Waals surface area contributed by atoms with E-state index in [1.54, 1.807) is 7.11 Å². The number of anilines is 1. The van der Waals surface area contributed by atoms with E-state index in [9.17, 15) is 9.59 Å². The Labute approximate surface area is 177 Å². The van der Waals surface area contributed by atoms with Crippen molar-refractivity contribution in [3.05, 3.63) is 59.2 Å². The summed E-state index contributed by atoms with van der Waals surface area (Å²) in [6, 6.07) is 13.5. The fraction of sp³-hybridized carbons (Fsp3) is 0.417. The minimum atomic E-state index is -0.150. The Morgan fingerprint density at radius 3 is 2.83 bits per heavy atom. The fourth-order valence-electron chi connectivity index (χ4n) is 4.73. The zero-order valence-corrected chi connectivity index (χ0v) is 17.5. The average molecular weight is 408 g/mol. The van der Waals surface area contributed by atoms with Gasteiger partial charge in [-0.25, -0.2) is 5.43 Å². The number of nitrogens with one attached hydrogen (secondary N) is 3. The predicted octanol–water partition coefficient (Wildman–Crippen LogP) is 3.61. The average Bonchev–Trinajstić information content (AvgIpc) is 2.77. The Morgan fingerprint density at radius 2 is 2.00 bits per heavy atom. The quantitative estimate of drug-likeness (QED) is 0.707. The maximum Gasteiger partial charge on any atom is 0.255 e. The van der Waals surface area contributed by atoms with Crippen LogP contribution in [0.4, 0.5) is 5.69 Å². The number of benzene rings is 2. The summed E-state index contributed by atoms with van der Waals surface area (Å²) in [7, 11) is 1.62. The Bertz CT molecular complexity index is 943. The van der Waals surface area contributed by atoms with Gasteiger partial charge in [-0.05, 0) is 61.4 Å². The first-order valence-corrected chi connectivity index (χ1v) is 10.7. The standard InChI is InChI=1S/C24H29N3O3/c1-15-10-11-18(14-22(15)30-2)25-23(28)17-7-5-6-16(12-17)13-21-19-8-3-4-9-20(19)24(29)27-26-21/h5-7,10-12,14,19-21,26H,3-4,8-9,13H2,1-2H3,(H,25,28)(H,27,29). The number of methoxy groups -OCH3 is 1. The highest BCUT2D eigenvalue weighted by Crippen LogP contribution is 2.35. The lowest BCUT2D eigenvalue weighted by Crippen LogP contribution is -2.60. The van der Waals surface area contributed by atoms with E-state index in [4.69, 9.17) is 4.74 Å². The maximum atomic E-state index is 12.8. The van der Waals surface area contributed by atoms with Crippen LogP contribution in [0.15, 0.2) is 42.5 Å². The van der Waals surface area contributed by atoms with Crippen LogP contribution in [0.5, 0.6) is 5.75 Å². The number of hydrazine groups is 1. The highest BCUT2D eigenvalue weighted by molar-refractivity contribution is 6.04. The van der Waals surface area contributed by atoms with Crippen molar-refractivity contribution in [2.75, 3.05) is 12.4 Å². The number of amides is 2. The lowest BCUT2D eigenvalue weighted by Gasteiger charge is -2.41. The molecule has 0 spiro atoms. The number of carbonyl (C=O) groups is 2. The molecule has 1 saturated heterocycles. The molecule has 2 aliphatic rings. The second-order valence-electron chi connectivity index (χ2n) is 8.34. The third-order valence-corrected chi connectivity index (χ3v) is 6.36. The van der Waals surface area contributed by atoms with Crippen molar-refractivity contribution in [2.45, 2.75) is 45.1 Å². The number of hydrogen-bond donors (Lipinski definition) is 3. The van der Waals surface area contributed by atoms with Crippen LogP contribution in [0.2, 0.25) is 0 Å². The van der Waals surface area contributed by atoms with Gasteiger partial charge in [-0.3, -0.25) is 15.0 Å². The first kappa shape index (κ1) is 20.4. The van der Waals surface area contributed by atoms with Crippen LogP contribution in [-0.2, 0) is 11.2 Å². The van der Waals surface area contributed by atoms with Gasteiger partial charge in [0, 0.05) is 29.3 Å². The Hall–Kier alpha value is -2.86. The monoisotopic (exact) mass is 407 g/mol. The second kappa shape index (κ2) is 8.88. The zero-order valence-electron chi connectivity index (χ0n) is 17.5. The van der Waals surface area contributed by atoms with Gasteiger partial charge in [-0.15, -0.1) is 0 Å². The summed E-state index contributed by atoms with van der Waals surface area (Å²) in [6.45, 7) is 1.96. The second-order valence-corrected chi connectivity index (χ2v) is 8.34. The summed E-state index contributed by atoms with van der Waals surface area (Å²) in [4.78, 5) is 25.0. The number of aryl methyl sites for hydroxylation is 1. The SMILES string of the molecule is COc1cc(NC(=O)c2cccc(CC3NNC(=O)C4CCCCC34)c2)ccc1C. The van der Waals surface area contributed by atoms with Gasteiger partial charge in [-0.2, -0.15) is 0 Å². The molecular formula is C24H29N3O3. The summed E-state index contributed by atoms with van der Waals surface area (Å²) >= 11 is 0. The van der Waals surface area contributed by atoms with E-state index in [-0.39, 0.29) is 23.8 Å². The van der Waals surface area contributed by atoms with Crippen LogP contribution in [-0.4, -0.2) is 25.0 Å². The molecule has 1 aliphatic heterocycles. The molecule has 6 nitrogen and oxygen atoms in total. The van der Waals surface area contributed by atoms with Crippen molar-refractivity contribution in [1.82, 2.24) is 10.9 Å². The number of hydrogen-bond acceptors (Lipinski definition) is 4. The smallest absolute Gasteiger partial charge is 0.255 e. The van der Waals surface area contributed by atoms with E-state index in [2.05, 4.69) is 16.2 Å². The molecule has 30 heavy (non-hydrogen) atoms.